The minimum absolute atomic E-state index is 0.106. The lowest BCUT2D eigenvalue weighted by molar-refractivity contribution is 0.0570. The molecule has 5 rings (SSSR count). The predicted molar refractivity (Wildman–Crippen MR) is 119 cm³/mol. The molecule has 3 N–H and O–H groups in total. The second-order valence-corrected chi connectivity index (χ2v) is 9.19. The quantitative estimate of drug-likeness (QED) is 0.479. The van der Waals surface area contributed by atoms with Crippen LogP contribution in [-0.2, 0) is 11.2 Å². The highest BCUT2D eigenvalue weighted by molar-refractivity contribution is 7.16. The van der Waals surface area contributed by atoms with E-state index in [0.717, 1.165) is 10.6 Å². The van der Waals surface area contributed by atoms with Crippen LogP contribution in [0.5, 0.6) is 0 Å². The van der Waals surface area contributed by atoms with Crippen molar-refractivity contribution in [1.29, 1.82) is 0 Å². The average molecular weight is 493 g/mol. The van der Waals surface area contributed by atoms with Crippen molar-refractivity contribution in [3.05, 3.63) is 40.4 Å². The number of thiazole rings is 1. The third-order valence-electron chi connectivity index (χ3n) is 5.68. The minimum atomic E-state index is -2.59. The van der Waals surface area contributed by atoms with Crippen molar-refractivity contribution in [1.82, 2.24) is 20.4 Å². The summed E-state index contributed by atoms with van der Waals surface area (Å²) < 4.78 is 37.5. The molecule has 3 aromatic rings. The highest BCUT2D eigenvalue weighted by Gasteiger charge is 2.43. The molecule has 2 amide bonds. The van der Waals surface area contributed by atoms with E-state index in [2.05, 4.69) is 25.8 Å². The van der Waals surface area contributed by atoms with E-state index in [9.17, 15) is 13.6 Å². The van der Waals surface area contributed by atoms with Crippen LogP contribution in [0.2, 0.25) is 0 Å². The molecule has 2 aliphatic rings. The Morgan fingerprint density at radius 1 is 1.35 bits per heavy atom. The lowest BCUT2D eigenvalue weighted by atomic mass is 9.97. The molecule has 1 fully saturated rings. The number of carbonyl (C=O) groups is 1. The first-order valence-electron chi connectivity index (χ1n) is 10.7. The summed E-state index contributed by atoms with van der Waals surface area (Å²) in [7, 11) is 0. The van der Waals surface area contributed by atoms with E-state index in [1.54, 1.807) is 13.0 Å². The number of alkyl halides is 2. The zero-order chi connectivity index (χ0) is 23.8. The Labute approximate surface area is 196 Å². The zero-order valence-corrected chi connectivity index (χ0v) is 18.9. The van der Waals surface area contributed by atoms with E-state index in [1.807, 2.05) is 4.90 Å². The number of halogens is 2. The van der Waals surface area contributed by atoms with Gasteiger partial charge in [-0.3, -0.25) is 5.32 Å². The van der Waals surface area contributed by atoms with Crippen LogP contribution in [0.15, 0.2) is 28.8 Å². The van der Waals surface area contributed by atoms with Crippen molar-refractivity contribution in [2.24, 2.45) is 0 Å². The number of rotatable bonds is 6. The summed E-state index contributed by atoms with van der Waals surface area (Å²) in [6, 6.07) is 4.99. The highest BCUT2D eigenvalue weighted by Crippen LogP contribution is 2.43. The van der Waals surface area contributed by atoms with Gasteiger partial charge in [0.15, 0.2) is 5.13 Å². The molecule has 4 heterocycles. The molecule has 1 aromatic carbocycles. The van der Waals surface area contributed by atoms with Gasteiger partial charge in [-0.1, -0.05) is 34.7 Å². The van der Waals surface area contributed by atoms with Gasteiger partial charge in [0.25, 0.3) is 6.43 Å². The lowest BCUT2D eigenvalue weighted by Gasteiger charge is -2.43. The van der Waals surface area contributed by atoms with E-state index >= 15 is 0 Å². The van der Waals surface area contributed by atoms with E-state index in [-0.39, 0.29) is 42.1 Å². The molecule has 0 saturated carbocycles. The first-order valence-corrected chi connectivity index (χ1v) is 11.5. The fourth-order valence-electron chi connectivity index (χ4n) is 4.08. The molecule has 0 aliphatic carbocycles. The summed E-state index contributed by atoms with van der Waals surface area (Å²) in [4.78, 5) is 24.1. The number of anilines is 2. The van der Waals surface area contributed by atoms with E-state index in [1.165, 1.54) is 29.5 Å². The molecule has 10 nitrogen and oxygen atoms in total. The van der Waals surface area contributed by atoms with Crippen LogP contribution < -0.4 is 15.5 Å². The van der Waals surface area contributed by atoms with Crippen molar-refractivity contribution < 1.29 is 27.9 Å². The molecular weight excluding hydrogens is 470 g/mol. The second-order valence-electron chi connectivity index (χ2n) is 8.16. The monoisotopic (exact) mass is 492 g/mol. The molecule has 0 radical (unpaired) electrons. The largest absolute Gasteiger partial charge is 0.394 e. The maximum atomic E-state index is 13.1. The number of aromatic nitrogens is 3. The highest BCUT2D eigenvalue weighted by atomic mass is 32.1. The topological polar surface area (TPSA) is 126 Å². The van der Waals surface area contributed by atoms with Gasteiger partial charge >= 0.3 is 12.0 Å². The minimum Gasteiger partial charge on any atom is -0.394 e. The lowest BCUT2D eigenvalue weighted by Crippen LogP contribution is -2.51. The summed E-state index contributed by atoms with van der Waals surface area (Å²) in [5, 5.41) is 18.9. The summed E-state index contributed by atoms with van der Waals surface area (Å²) in [6.45, 7) is 2.32. The van der Waals surface area contributed by atoms with Gasteiger partial charge in [-0.15, -0.1) is 0 Å². The number of nitrogens with one attached hydrogen (secondary N) is 2. The number of carbonyl (C=O) groups excluding carboxylic acids is 1. The smallest absolute Gasteiger partial charge is 0.325 e. The van der Waals surface area contributed by atoms with Crippen molar-refractivity contribution in [2.75, 3.05) is 30.0 Å². The Bertz CT molecular complexity index is 1190. The molecule has 2 unspecified atom stereocenters. The summed E-state index contributed by atoms with van der Waals surface area (Å²) in [6.07, 6.45) is -2.04. The maximum Gasteiger partial charge on any atom is 0.325 e. The average Bonchev–Trinajstić information content (AvgIpc) is 3.46. The molecule has 2 bridgehead atoms. The summed E-state index contributed by atoms with van der Waals surface area (Å²) in [5.41, 5.74) is 1.20. The molecule has 2 aliphatic heterocycles. The number of hydrogen-bond acceptors (Lipinski definition) is 9. The van der Waals surface area contributed by atoms with Gasteiger partial charge in [0.2, 0.25) is 5.82 Å². The molecule has 13 heteroatoms. The SMILES string of the molecule is C[C@H](CO)NC(=O)Nc1nc2c(s1)C1COCC(C2)N1c1nc(-c2cccc(C(F)F)c2)no1. The summed E-state index contributed by atoms with van der Waals surface area (Å²) in [5.74, 6) is 0.226. The fraction of sp³-hybridized carbons (Fsp3) is 0.429. The first-order chi connectivity index (χ1) is 16.4. The normalized spacial score (nSPS) is 20.2. The van der Waals surface area contributed by atoms with Crippen LogP contribution in [-0.4, -0.2) is 58.2 Å². The van der Waals surface area contributed by atoms with Crippen LogP contribution in [0.25, 0.3) is 11.4 Å². The number of nitrogens with zero attached hydrogens (tertiary/aromatic N) is 4. The van der Waals surface area contributed by atoms with Crippen LogP contribution in [0, 0.1) is 0 Å². The molecule has 2 aromatic heterocycles. The third-order valence-corrected chi connectivity index (χ3v) is 6.79. The molecular formula is C21H22F2N6O4S. The molecule has 180 valence electrons. The number of aliphatic hydroxyl groups is 1. The van der Waals surface area contributed by atoms with Gasteiger partial charge in [0.05, 0.1) is 48.5 Å². The zero-order valence-electron chi connectivity index (χ0n) is 18.1. The summed E-state index contributed by atoms with van der Waals surface area (Å²) >= 11 is 1.33. The second kappa shape index (κ2) is 9.24. The Hall–Kier alpha value is -3.16. The van der Waals surface area contributed by atoms with E-state index in [4.69, 9.17) is 14.4 Å². The Morgan fingerprint density at radius 3 is 3.00 bits per heavy atom. The van der Waals surface area contributed by atoms with Gasteiger partial charge in [-0.05, 0) is 13.0 Å². The number of fused-ring (bicyclic) bond motifs is 4. The van der Waals surface area contributed by atoms with Crippen LogP contribution in [0.4, 0.5) is 24.7 Å². The van der Waals surface area contributed by atoms with Gasteiger partial charge in [0.1, 0.15) is 0 Å². The molecule has 0 spiro atoms. The van der Waals surface area contributed by atoms with Gasteiger partial charge in [-0.25, -0.2) is 18.6 Å². The van der Waals surface area contributed by atoms with Crippen LogP contribution in [0.1, 0.15) is 35.5 Å². The predicted octanol–water partition coefficient (Wildman–Crippen LogP) is 3.14. The first kappa shape index (κ1) is 22.6. The van der Waals surface area contributed by atoms with Crippen molar-refractivity contribution in [3.8, 4) is 11.4 Å². The maximum absolute atomic E-state index is 13.1. The Balaban J connectivity index is 1.39. The number of urea groups is 1. The number of ether oxygens (including phenoxy) is 1. The van der Waals surface area contributed by atoms with E-state index < -0.39 is 12.5 Å². The van der Waals surface area contributed by atoms with Crippen molar-refractivity contribution in [2.45, 2.75) is 37.9 Å². The van der Waals surface area contributed by atoms with Crippen LogP contribution >= 0.6 is 11.3 Å². The van der Waals surface area contributed by atoms with Gasteiger partial charge in [0, 0.05) is 17.5 Å². The number of amides is 2. The van der Waals surface area contributed by atoms with E-state index in [0.29, 0.717) is 30.3 Å². The third kappa shape index (κ3) is 4.33. The standard InChI is InChI=1S/C21H22F2N6O4S/c1-10(7-30)24-19(31)27-20-25-14-6-13-8-32-9-15(16(14)34-20)29(13)21-26-18(28-33-21)12-4-2-3-11(5-12)17(22)23/h2-5,10,13,15,17,30H,6-9H2,1H3,(H2,24,25,27,31)/t10-,13?,15?/m1/s1. The molecule has 1 saturated heterocycles. The number of morpholine rings is 1. The van der Waals surface area contributed by atoms with Crippen LogP contribution in [0.3, 0.4) is 0 Å². The fourth-order valence-corrected chi connectivity index (χ4v) is 5.15. The Morgan fingerprint density at radius 2 is 2.21 bits per heavy atom. The van der Waals surface area contributed by atoms with Gasteiger partial charge in [-0.2, -0.15) is 4.98 Å². The van der Waals surface area contributed by atoms with Crippen molar-refractivity contribution >= 4 is 28.5 Å². The van der Waals surface area contributed by atoms with Crippen molar-refractivity contribution in [3.63, 3.8) is 0 Å². The number of benzene rings is 1. The Kier molecular flexibility index (Phi) is 6.15. The molecule has 34 heavy (non-hydrogen) atoms. The number of aliphatic hydroxyl groups excluding tert-OH is 1. The number of hydrogen-bond donors (Lipinski definition) is 3. The molecule has 3 atom stereocenters. The van der Waals surface area contributed by atoms with Gasteiger partial charge < -0.3 is 24.6 Å².